The highest BCUT2D eigenvalue weighted by molar-refractivity contribution is 7.89. The highest BCUT2D eigenvalue weighted by atomic mass is 35.5. The van der Waals surface area contributed by atoms with Gasteiger partial charge in [-0.2, -0.15) is 0 Å². The van der Waals surface area contributed by atoms with Gasteiger partial charge in [-0.25, -0.2) is 17.1 Å². The molecule has 0 radical (unpaired) electrons. The third-order valence-electron chi connectivity index (χ3n) is 3.08. The van der Waals surface area contributed by atoms with Crippen LogP contribution in [0.1, 0.15) is 10.4 Å². The van der Waals surface area contributed by atoms with Crippen molar-refractivity contribution in [3.63, 3.8) is 0 Å². The van der Waals surface area contributed by atoms with Gasteiger partial charge in [0, 0.05) is 14.1 Å². The van der Waals surface area contributed by atoms with Crippen LogP contribution in [-0.4, -0.2) is 32.7 Å². The van der Waals surface area contributed by atoms with Crippen molar-refractivity contribution < 1.29 is 17.6 Å². The summed E-state index contributed by atoms with van der Waals surface area (Å²) >= 11 is 5.96. The predicted molar refractivity (Wildman–Crippen MR) is 86.7 cm³/mol. The van der Waals surface area contributed by atoms with Gasteiger partial charge in [-0.05, 0) is 30.3 Å². The Morgan fingerprint density at radius 3 is 2.43 bits per heavy atom. The van der Waals surface area contributed by atoms with Gasteiger partial charge in [0.15, 0.2) is 0 Å². The number of nitrogens with one attached hydrogen (secondary N) is 1. The molecule has 0 unspecified atom stereocenters. The Balaban J connectivity index is 2.40. The maximum atomic E-state index is 13.6. The molecule has 2 aromatic rings. The third-order valence-corrected chi connectivity index (χ3v) is 5.22. The van der Waals surface area contributed by atoms with Crippen LogP contribution in [0.3, 0.4) is 0 Å². The summed E-state index contributed by atoms with van der Waals surface area (Å²) < 4.78 is 38.9. The number of hydrogen-bond donors (Lipinski definition) is 1. The van der Waals surface area contributed by atoms with Crippen LogP contribution in [0.15, 0.2) is 47.4 Å². The minimum Gasteiger partial charge on any atom is -0.319 e. The van der Waals surface area contributed by atoms with Gasteiger partial charge in [0.2, 0.25) is 10.0 Å². The molecular weight excluding hydrogens is 343 g/mol. The number of hydrogen-bond acceptors (Lipinski definition) is 3. The normalized spacial score (nSPS) is 11.5. The van der Waals surface area contributed by atoms with Crippen molar-refractivity contribution in [2.24, 2.45) is 0 Å². The summed E-state index contributed by atoms with van der Waals surface area (Å²) in [5.74, 6) is -1.30. The second-order valence-corrected chi connectivity index (χ2v) is 7.42. The van der Waals surface area contributed by atoms with E-state index in [1.807, 2.05) is 0 Å². The zero-order valence-corrected chi connectivity index (χ0v) is 14.0. The second-order valence-electron chi connectivity index (χ2n) is 4.86. The quantitative estimate of drug-likeness (QED) is 0.915. The number of amides is 1. The van der Waals surface area contributed by atoms with Crippen molar-refractivity contribution in [3.8, 4) is 0 Å². The highest BCUT2D eigenvalue weighted by Gasteiger charge is 2.21. The summed E-state index contributed by atoms with van der Waals surface area (Å²) in [4.78, 5) is 12.2. The molecule has 0 aliphatic rings. The molecule has 23 heavy (non-hydrogen) atoms. The number of carbonyl (C=O) groups is 1. The first kappa shape index (κ1) is 17.4. The summed E-state index contributed by atoms with van der Waals surface area (Å²) in [6.45, 7) is 0. The van der Waals surface area contributed by atoms with Crippen molar-refractivity contribution in [2.75, 3.05) is 19.4 Å². The summed E-state index contributed by atoms with van der Waals surface area (Å²) in [5.41, 5.74) is -0.0766. The topological polar surface area (TPSA) is 66.5 Å². The van der Waals surface area contributed by atoms with Gasteiger partial charge < -0.3 is 5.32 Å². The van der Waals surface area contributed by atoms with E-state index in [0.29, 0.717) is 0 Å². The highest BCUT2D eigenvalue weighted by Crippen LogP contribution is 2.23. The van der Waals surface area contributed by atoms with Crippen LogP contribution in [-0.2, 0) is 10.0 Å². The van der Waals surface area contributed by atoms with E-state index in [4.69, 9.17) is 11.6 Å². The van der Waals surface area contributed by atoms with Gasteiger partial charge in [-0.15, -0.1) is 0 Å². The van der Waals surface area contributed by atoms with Crippen molar-refractivity contribution in [3.05, 3.63) is 58.9 Å². The van der Waals surface area contributed by atoms with Gasteiger partial charge in [-0.1, -0.05) is 23.7 Å². The summed E-state index contributed by atoms with van der Waals surface area (Å²) in [7, 11) is -0.954. The first-order valence-electron chi connectivity index (χ1n) is 6.51. The lowest BCUT2D eigenvalue weighted by Gasteiger charge is -2.13. The summed E-state index contributed by atoms with van der Waals surface area (Å²) in [5, 5.41) is 2.43. The Kier molecular flexibility index (Phi) is 5.03. The molecule has 2 aromatic carbocycles. The molecule has 0 fully saturated rings. The maximum Gasteiger partial charge on any atom is 0.257 e. The number of nitrogens with zero attached hydrogens (tertiary/aromatic N) is 1. The van der Waals surface area contributed by atoms with Crippen molar-refractivity contribution in [2.45, 2.75) is 4.90 Å². The Morgan fingerprint density at radius 1 is 1.17 bits per heavy atom. The Bertz CT molecular complexity index is 854. The zero-order chi connectivity index (χ0) is 17.2. The lowest BCUT2D eigenvalue weighted by Crippen LogP contribution is -2.23. The number of carbonyl (C=O) groups excluding carboxylic acids is 1. The first-order valence-corrected chi connectivity index (χ1v) is 8.33. The molecule has 5 nitrogen and oxygen atoms in total. The fourth-order valence-corrected chi connectivity index (χ4v) is 2.93. The fourth-order valence-electron chi connectivity index (χ4n) is 1.80. The van der Waals surface area contributed by atoms with E-state index in [0.717, 1.165) is 10.4 Å². The average Bonchev–Trinajstić information content (AvgIpc) is 2.49. The van der Waals surface area contributed by atoms with Gasteiger partial charge in [0.05, 0.1) is 21.2 Å². The number of halogens is 2. The second kappa shape index (κ2) is 6.66. The molecule has 0 spiro atoms. The molecule has 0 aromatic heterocycles. The summed E-state index contributed by atoms with van der Waals surface area (Å²) in [6.07, 6.45) is 0. The lowest BCUT2D eigenvalue weighted by molar-refractivity contribution is 0.102. The van der Waals surface area contributed by atoms with Crippen LogP contribution >= 0.6 is 11.6 Å². The van der Waals surface area contributed by atoms with Gasteiger partial charge in [0.1, 0.15) is 5.82 Å². The van der Waals surface area contributed by atoms with Gasteiger partial charge in [0.25, 0.3) is 5.91 Å². The molecule has 122 valence electrons. The number of sulfonamides is 1. The largest absolute Gasteiger partial charge is 0.319 e. The van der Waals surface area contributed by atoms with E-state index in [1.165, 1.54) is 44.4 Å². The molecule has 0 atom stereocenters. The number of rotatable bonds is 4. The maximum absolute atomic E-state index is 13.6. The molecule has 0 aliphatic heterocycles. The van der Waals surface area contributed by atoms with Crippen LogP contribution in [0.25, 0.3) is 0 Å². The summed E-state index contributed by atoms with van der Waals surface area (Å²) in [6, 6.07) is 9.42. The predicted octanol–water partition coefficient (Wildman–Crippen LogP) is 2.98. The zero-order valence-electron chi connectivity index (χ0n) is 12.4. The molecule has 2 rings (SSSR count). The van der Waals surface area contributed by atoms with Gasteiger partial charge >= 0.3 is 0 Å². The Labute approximate surface area is 138 Å². The molecule has 0 heterocycles. The molecule has 8 heteroatoms. The molecule has 1 amide bonds. The molecular formula is C15H14ClFN2O3S. The van der Waals surface area contributed by atoms with Crippen molar-refractivity contribution in [1.29, 1.82) is 0 Å². The molecule has 0 saturated carbocycles. The van der Waals surface area contributed by atoms with Crippen LogP contribution in [0.4, 0.5) is 10.1 Å². The number of benzene rings is 2. The van der Waals surface area contributed by atoms with Crippen LogP contribution in [0, 0.1) is 5.82 Å². The Hall–Kier alpha value is -1.96. The van der Waals surface area contributed by atoms with Crippen LogP contribution in [0.5, 0.6) is 0 Å². The molecule has 1 N–H and O–H groups in total. The van der Waals surface area contributed by atoms with Gasteiger partial charge in [-0.3, -0.25) is 4.79 Å². The van der Waals surface area contributed by atoms with E-state index in [9.17, 15) is 17.6 Å². The molecule has 0 aliphatic carbocycles. The standard InChI is InChI=1S/C15H14ClFN2O3S/c1-19(2)23(21,22)10-7-8-12(16)11(9-10)15(20)18-14-6-4-3-5-13(14)17/h3-9H,1-2H3,(H,18,20). The van der Waals surface area contributed by atoms with E-state index < -0.39 is 21.7 Å². The SMILES string of the molecule is CN(C)S(=O)(=O)c1ccc(Cl)c(C(=O)Nc2ccccc2F)c1. The number of para-hydroxylation sites is 1. The van der Waals surface area contributed by atoms with E-state index in [2.05, 4.69) is 5.32 Å². The minimum absolute atomic E-state index is 0.0190. The number of anilines is 1. The lowest BCUT2D eigenvalue weighted by atomic mass is 10.2. The minimum atomic E-state index is -3.71. The van der Waals surface area contributed by atoms with E-state index in [-0.39, 0.29) is 21.2 Å². The third kappa shape index (κ3) is 3.69. The Morgan fingerprint density at radius 2 is 1.83 bits per heavy atom. The van der Waals surface area contributed by atoms with Crippen molar-refractivity contribution in [1.82, 2.24) is 4.31 Å². The van der Waals surface area contributed by atoms with Crippen LogP contribution < -0.4 is 5.32 Å². The fraction of sp³-hybridized carbons (Fsp3) is 0.133. The first-order chi connectivity index (χ1) is 10.7. The van der Waals surface area contributed by atoms with Crippen LogP contribution in [0.2, 0.25) is 5.02 Å². The molecule has 0 bridgehead atoms. The smallest absolute Gasteiger partial charge is 0.257 e. The molecule has 0 saturated heterocycles. The average molecular weight is 357 g/mol. The van der Waals surface area contributed by atoms with Crippen molar-refractivity contribution >= 4 is 33.2 Å². The van der Waals surface area contributed by atoms with E-state index in [1.54, 1.807) is 6.07 Å². The van der Waals surface area contributed by atoms with E-state index >= 15 is 0 Å². The monoisotopic (exact) mass is 356 g/mol.